The summed E-state index contributed by atoms with van der Waals surface area (Å²) in [6, 6.07) is 73.6. The van der Waals surface area contributed by atoms with Crippen molar-refractivity contribution in [3.63, 3.8) is 0 Å². The Labute approximate surface area is 384 Å². The predicted molar refractivity (Wildman–Crippen MR) is 248 cm³/mol. The normalized spacial score (nSPS) is 11.0. The fourth-order valence-corrected chi connectivity index (χ4v) is 15.6. The molecule has 0 N–H and O–H groups in total. The Morgan fingerprint density at radius 3 is 1.14 bits per heavy atom. The van der Waals surface area contributed by atoms with E-state index < -0.39 is 15.8 Å². The summed E-state index contributed by atoms with van der Waals surface area (Å²) in [5.74, 6) is 6.12. The van der Waals surface area contributed by atoms with Crippen LogP contribution in [0.1, 0.15) is 33.4 Å². The van der Waals surface area contributed by atoms with E-state index in [2.05, 4.69) is 200 Å². The Kier molecular flexibility index (Phi) is 15.9. The van der Waals surface area contributed by atoms with Crippen LogP contribution >= 0.6 is 15.8 Å². The second kappa shape index (κ2) is 21.5. The number of benzene rings is 8. The maximum atomic E-state index is 7.14. The average molecular weight is 1160 g/mol. The smallest absolute Gasteiger partial charge is 0.366 e. The van der Waals surface area contributed by atoms with Crippen LogP contribution in [0.15, 0.2) is 206 Å². The van der Waals surface area contributed by atoms with E-state index in [9.17, 15) is 0 Å². The van der Waals surface area contributed by atoms with Gasteiger partial charge in [0.1, 0.15) is 37.1 Å². The van der Waals surface area contributed by atoms with Gasteiger partial charge in [-0.3, -0.25) is 11.8 Å². The zero-order valence-corrected chi connectivity index (χ0v) is 38.7. The number of hydrogen-bond acceptors (Lipinski definition) is 0. The standard InChI is InChI=1S/C25H22P2.2C15H9.2Au/c1-5-13-22(14-6-1)26(23-15-7-2-8-16-23)21-27(24-17-9-3-10-18-24)25-19-11-4-12-20-25;1-2-11-7-8-15-13(9-11)10-12-5-3-4-6-14(12)15;1-2-11-7-8-13-10-12-5-3-4-6-14(12)15(13)9-11;;/h1-20H,21H2;2*3-9H,10H2;;/q;2*-1;2*+1/p+2. The van der Waals surface area contributed by atoms with Crippen molar-refractivity contribution >= 4 is 37.1 Å². The first-order valence-electron chi connectivity index (χ1n) is 19.4. The Balaban J connectivity index is 0.000000156. The van der Waals surface area contributed by atoms with Crippen LogP contribution in [-0.4, -0.2) is 5.90 Å². The number of hydrogen-bond donors (Lipinski definition) is 0. The first-order valence-corrected chi connectivity index (χ1v) is 22.8. The monoisotopic (exact) mass is 1160 g/mol. The molecule has 8 aromatic carbocycles. The molecule has 0 nitrogen and oxygen atoms in total. The van der Waals surface area contributed by atoms with Crippen LogP contribution in [0.4, 0.5) is 0 Å². The third kappa shape index (κ3) is 10.5. The maximum Gasteiger partial charge on any atom is 1.00 e. The Hall–Kier alpha value is -4.78. The SMILES string of the molecule is [Au+].[Au+].[C-]#Cc1ccc2c(c1)-c1ccccc1C2.[C-]#Cc1ccc2c(c1)Cc1ccccc1-2.c1ccc([PH+](C[PH+](c2ccccc2)c2ccccc2)c2ccccc2)cc1. The van der Waals surface area contributed by atoms with Gasteiger partial charge in [0, 0.05) is 0 Å². The molecule has 0 amide bonds. The molecule has 0 radical (unpaired) electrons. The molecule has 0 spiro atoms. The zero-order valence-electron chi connectivity index (χ0n) is 32.4. The largest absolute Gasteiger partial charge is 1.00 e. The molecule has 0 aromatic heterocycles. The molecule has 59 heavy (non-hydrogen) atoms. The van der Waals surface area contributed by atoms with Crippen LogP contribution in [0.25, 0.3) is 22.3 Å². The third-order valence-corrected chi connectivity index (χ3v) is 17.7. The summed E-state index contributed by atoms with van der Waals surface area (Å²) < 4.78 is 0. The summed E-state index contributed by atoms with van der Waals surface area (Å²) in [4.78, 5) is 0. The van der Waals surface area contributed by atoms with E-state index in [1.807, 2.05) is 18.2 Å². The minimum absolute atomic E-state index is 0. The Bertz CT molecular complexity index is 2520. The molecule has 0 saturated carbocycles. The van der Waals surface area contributed by atoms with Crippen molar-refractivity contribution in [2.24, 2.45) is 0 Å². The fraction of sp³-hybridized carbons (Fsp3) is 0.0545. The molecule has 2 aliphatic carbocycles. The van der Waals surface area contributed by atoms with Gasteiger partial charge in [-0.2, -0.15) is 0 Å². The second-order valence-electron chi connectivity index (χ2n) is 14.3. The van der Waals surface area contributed by atoms with Gasteiger partial charge in [-0.1, -0.05) is 139 Å². The molecule has 10 rings (SSSR count). The van der Waals surface area contributed by atoms with E-state index >= 15 is 0 Å². The molecule has 0 bridgehead atoms. The third-order valence-electron chi connectivity index (χ3n) is 10.7. The second-order valence-corrected chi connectivity index (χ2v) is 19.9. The van der Waals surface area contributed by atoms with Gasteiger partial charge >= 0.3 is 44.8 Å². The molecular formula is C55H42Au2P2+2. The van der Waals surface area contributed by atoms with Crippen LogP contribution in [0.5, 0.6) is 0 Å². The minimum Gasteiger partial charge on any atom is -0.366 e. The molecule has 4 heteroatoms. The van der Waals surface area contributed by atoms with Crippen LogP contribution in [0.2, 0.25) is 0 Å². The number of rotatable bonds is 6. The van der Waals surface area contributed by atoms with Crippen LogP contribution in [-0.2, 0) is 57.6 Å². The summed E-state index contributed by atoms with van der Waals surface area (Å²) in [7, 11) is -1.69. The van der Waals surface area contributed by atoms with Crippen LogP contribution < -0.4 is 21.2 Å². The topological polar surface area (TPSA) is 0 Å². The summed E-state index contributed by atoms with van der Waals surface area (Å²) in [5, 5.41) is 6.01. The van der Waals surface area contributed by atoms with Crippen molar-refractivity contribution in [1.82, 2.24) is 0 Å². The van der Waals surface area contributed by atoms with Crippen molar-refractivity contribution in [1.29, 1.82) is 0 Å². The van der Waals surface area contributed by atoms with Gasteiger partial charge in [0.25, 0.3) is 0 Å². The molecule has 0 unspecified atom stereocenters. The van der Waals surface area contributed by atoms with E-state index in [1.54, 1.807) is 0 Å². The van der Waals surface area contributed by atoms with Crippen LogP contribution in [0.3, 0.4) is 0 Å². The summed E-state index contributed by atoms with van der Waals surface area (Å²) >= 11 is 0. The summed E-state index contributed by atoms with van der Waals surface area (Å²) in [6.45, 7) is 0. The van der Waals surface area contributed by atoms with Gasteiger partial charge in [0.2, 0.25) is 0 Å². The van der Waals surface area contributed by atoms with Crippen molar-refractivity contribution in [3.05, 3.63) is 252 Å². The minimum atomic E-state index is -0.847. The van der Waals surface area contributed by atoms with Gasteiger partial charge in [-0.05, 0) is 100 Å². The van der Waals surface area contributed by atoms with Crippen molar-refractivity contribution in [2.75, 3.05) is 5.90 Å². The molecule has 8 aromatic rings. The van der Waals surface area contributed by atoms with E-state index in [-0.39, 0.29) is 44.8 Å². The molecule has 0 aliphatic heterocycles. The fourth-order valence-electron chi connectivity index (χ4n) is 7.90. The Morgan fingerprint density at radius 2 is 0.678 bits per heavy atom. The van der Waals surface area contributed by atoms with E-state index in [0.717, 1.165) is 24.0 Å². The van der Waals surface area contributed by atoms with Gasteiger partial charge in [0.05, 0.1) is 0 Å². The molecule has 0 fully saturated rings. The molecule has 292 valence electrons. The van der Waals surface area contributed by atoms with Gasteiger partial charge in [-0.25, -0.2) is 0 Å². The Morgan fingerprint density at radius 1 is 0.339 bits per heavy atom. The van der Waals surface area contributed by atoms with E-state index in [1.165, 1.54) is 71.6 Å². The quantitative estimate of drug-likeness (QED) is 0.0674. The van der Waals surface area contributed by atoms with Crippen molar-refractivity contribution < 1.29 is 44.8 Å². The van der Waals surface area contributed by atoms with E-state index in [4.69, 9.17) is 12.8 Å². The first-order chi connectivity index (χ1) is 28.2. The molecule has 0 atom stereocenters. The summed E-state index contributed by atoms with van der Waals surface area (Å²) in [5.41, 5.74) is 12.4. The molecule has 0 heterocycles. The summed E-state index contributed by atoms with van der Waals surface area (Å²) in [6.07, 6.45) is 16.3. The maximum absolute atomic E-state index is 7.14. The predicted octanol–water partition coefficient (Wildman–Crippen LogP) is 11.1. The van der Waals surface area contributed by atoms with Crippen molar-refractivity contribution in [2.45, 2.75) is 12.8 Å². The van der Waals surface area contributed by atoms with Gasteiger partial charge in [0.15, 0.2) is 5.90 Å². The molecule has 2 aliphatic rings. The van der Waals surface area contributed by atoms with Crippen LogP contribution in [0, 0.1) is 24.7 Å². The molecular weight excluding hydrogens is 1120 g/mol. The van der Waals surface area contributed by atoms with Gasteiger partial charge in [-0.15, -0.1) is 35.4 Å². The van der Waals surface area contributed by atoms with Gasteiger partial charge < -0.3 is 12.8 Å². The van der Waals surface area contributed by atoms with E-state index in [0.29, 0.717) is 0 Å². The zero-order chi connectivity index (χ0) is 38.8. The average Bonchev–Trinajstić information content (AvgIpc) is 3.86. The molecule has 0 saturated heterocycles. The number of fused-ring (bicyclic) bond motifs is 6. The van der Waals surface area contributed by atoms with Crippen molar-refractivity contribution in [3.8, 4) is 34.1 Å². The first kappa shape index (κ1) is 43.8.